The first kappa shape index (κ1) is 11.6. The molecule has 2 rings (SSSR count). The van der Waals surface area contributed by atoms with Crippen LogP contribution in [-0.2, 0) is 11.3 Å². The summed E-state index contributed by atoms with van der Waals surface area (Å²) in [6.45, 7) is -0.0208. The van der Waals surface area contributed by atoms with Crippen LogP contribution in [0.1, 0.15) is 0 Å². The molecule has 0 saturated heterocycles. The van der Waals surface area contributed by atoms with Gasteiger partial charge in [-0.15, -0.1) is 0 Å². The molecule has 0 atom stereocenters. The van der Waals surface area contributed by atoms with Gasteiger partial charge in [0.05, 0.1) is 5.69 Å². The molecule has 2 N–H and O–H groups in total. The number of anilines is 1. The van der Waals surface area contributed by atoms with Crippen LogP contribution in [0.15, 0.2) is 44.3 Å². The molecule has 17 heavy (non-hydrogen) atoms. The lowest BCUT2D eigenvalue weighted by molar-refractivity contribution is -0.750. The van der Waals surface area contributed by atoms with E-state index in [2.05, 4.69) is 31.0 Å². The van der Waals surface area contributed by atoms with Gasteiger partial charge in [0, 0.05) is 4.47 Å². The smallest absolute Gasteiger partial charge is 0.319 e. The number of rotatable bonds is 3. The standard InChI is InChI=1S/C10H8BrN3O3/c11-7-3-1-2-4-8(7)12-9(15)5-14-6-10(16)17-13-14/h1-4,6H,5H2,(H-,12,13,15,16)/p+1. The third kappa shape index (κ3) is 3.04. The van der Waals surface area contributed by atoms with E-state index < -0.39 is 5.63 Å². The Labute approximate surface area is 104 Å². The van der Waals surface area contributed by atoms with Gasteiger partial charge in [-0.05, 0) is 33.3 Å². The Morgan fingerprint density at radius 3 is 2.88 bits per heavy atom. The van der Waals surface area contributed by atoms with Crippen LogP contribution in [0.2, 0.25) is 0 Å². The van der Waals surface area contributed by atoms with E-state index >= 15 is 0 Å². The second-order valence-electron chi connectivity index (χ2n) is 3.30. The number of halogens is 1. The van der Waals surface area contributed by atoms with Gasteiger partial charge < -0.3 is 5.32 Å². The summed E-state index contributed by atoms with van der Waals surface area (Å²) in [6.07, 6.45) is 1.17. The van der Waals surface area contributed by atoms with Gasteiger partial charge in [0.15, 0.2) is 0 Å². The number of H-pyrrole nitrogens is 1. The molecular weight excluding hydrogens is 290 g/mol. The first-order valence-electron chi connectivity index (χ1n) is 4.77. The van der Waals surface area contributed by atoms with Crippen LogP contribution in [0, 0.1) is 0 Å². The molecule has 1 heterocycles. The monoisotopic (exact) mass is 298 g/mol. The van der Waals surface area contributed by atoms with Crippen molar-refractivity contribution in [2.75, 3.05) is 5.32 Å². The van der Waals surface area contributed by atoms with Crippen LogP contribution in [0.25, 0.3) is 0 Å². The van der Waals surface area contributed by atoms with Crippen LogP contribution < -0.4 is 15.6 Å². The highest BCUT2D eigenvalue weighted by Gasteiger charge is 2.13. The van der Waals surface area contributed by atoms with Crippen molar-refractivity contribution >= 4 is 27.5 Å². The van der Waals surface area contributed by atoms with Crippen molar-refractivity contribution in [2.24, 2.45) is 0 Å². The average Bonchev–Trinajstić information content (AvgIpc) is 2.67. The maximum atomic E-state index is 11.6. The molecule has 2 aromatic rings. The fourth-order valence-electron chi connectivity index (χ4n) is 1.27. The van der Waals surface area contributed by atoms with E-state index in [1.807, 2.05) is 18.2 Å². The lowest BCUT2D eigenvalue weighted by atomic mass is 10.3. The summed E-state index contributed by atoms with van der Waals surface area (Å²) in [5.74, 6) is -0.265. The summed E-state index contributed by atoms with van der Waals surface area (Å²) in [6, 6.07) is 7.25. The predicted octanol–water partition coefficient (Wildman–Crippen LogP) is 0.657. The second-order valence-corrected chi connectivity index (χ2v) is 4.15. The van der Waals surface area contributed by atoms with Gasteiger partial charge in [-0.3, -0.25) is 9.32 Å². The zero-order valence-electron chi connectivity index (χ0n) is 8.64. The van der Waals surface area contributed by atoms with Crippen molar-refractivity contribution < 1.29 is 14.0 Å². The predicted molar refractivity (Wildman–Crippen MR) is 62.3 cm³/mol. The molecule has 0 radical (unpaired) electrons. The topological polar surface area (TPSA) is 79.0 Å². The summed E-state index contributed by atoms with van der Waals surface area (Å²) >= 11 is 3.32. The first-order chi connectivity index (χ1) is 8.15. The highest BCUT2D eigenvalue weighted by molar-refractivity contribution is 9.10. The summed E-state index contributed by atoms with van der Waals surface area (Å²) in [5.41, 5.74) is 0.141. The van der Waals surface area contributed by atoms with Crippen LogP contribution in [0.3, 0.4) is 0 Å². The van der Waals surface area contributed by atoms with Crippen LogP contribution >= 0.6 is 15.9 Å². The van der Waals surface area contributed by atoms with Crippen molar-refractivity contribution in [3.8, 4) is 0 Å². The molecule has 0 spiro atoms. The van der Waals surface area contributed by atoms with E-state index in [9.17, 15) is 9.59 Å². The third-order valence-corrected chi connectivity index (χ3v) is 2.68. The van der Waals surface area contributed by atoms with Crippen molar-refractivity contribution in [2.45, 2.75) is 6.54 Å². The average molecular weight is 299 g/mol. The zero-order chi connectivity index (χ0) is 12.3. The second kappa shape index (κ2) is 4.96. The summed E-state index contributed by atoms with van der Waals surface area (Å²) in [5, 5.41) is 4.99. The Morgan fingerprint density at radius 2 is 2.24 bits per heavy atom. The largest absolute Gasteiger partial charge is 0.426 e. The number of carbonyl (C=O) groups is 1. The molecule has 0 unspecified atom stereocenters. The Bertz CT molecular complexity index is 590. The van der Waals surface area contributed by atoms with Crippen molar-refractivity contribution in [1.82, 2.24) is 5.27 Å². The van der Waals surface area contributed by atoms with Crippen LogP contribution in [0.5, 0.6) is 0 Å². The lowest BCUT2D eigenvalue weighted by Gasteiger charge is -2.03. The molecule has 0 bridgehead atoms. The molecule has 6 nitrogen and oxygen atoms in total. The zero-order valence-corrected chi connectivity index (χ0v) is 10.2. The first-order valence-corrected chi connectivity index (χ1v) is 5.57. The Balaban J connectivity index is 2.03. The molecule has 1 aromatic carbocycles. The van der Waals surface area contributed by atoms with Crippen molar-refractivity contribution in [3.05, 3.63) is 45.4 Å². The van der Waals surface area contributed by atoms with Gasteiger partial charge in [-0.2, -0.15) is 0 Å². The summed E-state index contributed by atoms with van der Waals surface area (Å²) < 4.78 is 6.48. The van der Waals surface area contributed by atoms with E-state index in [1.54, 1.807) is 6.07 Å². The van der Waals surface area contributed by atoms with E-state index in [0.717, 1.165) is 4.47 Å². The van der Waals surface area contributed by atoms with Crippen molar-refractivity contribution in [1.29, 1.82) is 0 Å². The van der Waals surface area contributed by atoms with Gasteiger partial charge in [-0.25, -0.2) is 4.79 Å². The maximum Gasteiger partial charge on any atom is 0.426 e. The van der Waals surface area contributed by atoms with Crippen molar-refractivity contribution in [3.63, 3.8) is 0 Å². The number of nitrogens with zero attached hydrogens (tertiary/aromatic N) is 1. The number of aromatic amines is 1. The fraction of sp³-hybridized carbons (Fsp3) is 0.100. The number of para-hydroxylation sites is 1. The van der Waals surface area contributed by atoms with E-state index in [1.165, 1.54) is 10.9 Å². The van der Waals surface area contributed by atoms with E-state index in [-0.39, 0.29) is 12.5 Å². The quantitative estimate of drug-likeness (QED) is 0.817. The Hall–Kier alpha value is -1.89. The molecule has 7 heteroatoms. The lowest BCUT2D eigenvalue weighted by Crippen LogP contribution is -2.41. The molecule has 1 amide bonds. The molecular formula is C10H9BrN3O3+. The van der Waals surface area contributed by atoms with Crippen LogP contribution in [0.4, 0.5) is 5.69 Å². The van der Waals surface area contributed by atoms with Gasteiger partial charge in [-0.1, -0.05) is 16.8 Å². The number of carbonyl (C=O) groups excluding carboxylic acids is 1. The van der Waals surface area contributed by atoms with E-state index in [0.29, 0.717) is 5.69 Å². The maximum absolute atomic E-state index is 11.6. The molecule has 0 saturated carbocycles. The molecule has 88 valence electrons. The number of aromatic nitrogens is 2. The fourth-order valence-corrected chi connectivity index (χ4v) is 1.65. The minimum atomic E-state index is -0.529. The third-order valence-electron chi connectivity index (χ3n) is 1.99. The minimum Gasteiger partial charge on any atom is -0.319 e. The highest BCUT2D eigenvalue weighted by Crippen LogP contribution is 2.20. The number of nitrogens with one attached hydrogen (secondary N) is 2. The Morgan fingerprint density at radius 1 is 1.47 bits per heavy atom. The van der Waals surface area contributed by atoms with Gasteiger partial charge in [0.1, 0.15) is 0 Å². The normalized spacial score (nSPS) is 10.2. The minimum absolute atomic E-state index is 0.0208. The SMILES string of the molecule is O=C(C[n+]1cc(=O)o[nH]1)Nc1ccccc1Br. The van der Waals surface area contributed by atoms with Crippen LogP contribution in [-0.4, -0.2) is 11.2 Å². The molecule has 1 aromatic heterocycles. The Kier molecular flexibility index (Phi) is 3.38. The van der Waals surface area contributed by atoms with Gasteiger partial charge in [0.25, 0.3) is 18.6 Å². The molecule has 0 aliphatic rings. The summed E-state index contributed by atoms with van der Waals surface area (Å²) in [7, 11) is 0. The number of benzene rings is 1. The van der Waals surface area contributed by atoms with E-state index in [4.69, 9.17) is 0 Å². The molecule has 0 fully saturated rings. The highest BCUT2D eigenvalue weighted by atomic mass is 79.9. The summed E-state index contributed by atoms with van der Waals surface area (Å²) in [4.78, 5) is 22.4. The van der Waals surface area contributed by atoms with Gasteiger partial charge in [0.2, 0.25) is 0 Å². The van der Waals surface area contributed by atoms with Gasteiger partial charge >= 0.3 is 5.63 Å². The number of hydrogen-bond acceptors (Lipinski definition) is 3. The molecule has 0 aliphatic carbocycles. The number of hydrogen-bond donors (Lipinski definition) is 2. The number of amides is 1. The molecule has 0 aliphatic heterocycles.